The van der Waals surface area contributed by atoms with E-state index in [9.17, 15) is 27.6 Å². The van der Waals surface area contributed by atoms with Crippen LogP contribution in [0.15, 0.2) is 30.5 Å². The first-order valence-corrected chi connectivity index (χ1v) is 8.62. The zero-order chi connectivity index (χ0) is 19.3. The lowest BCUT2D eigenvalue weighted by atomic mass is 9.85. The molecule has 2 fully saturated rings. The van der Waals surface area contributed by atoms with E-state index in [-0.39, 0.29) is 48.3 Å². The highest BCUT2D eigenvalue weighted by Crippen LogP contribution is 2.37. The predicted octanol–water partition coefficient (Wildman–Crippen LogP) is 1.88. The van der Waals surface area contributed by atoms with Gasteiger partial charge in [0.1, 0.15) is 5.69 Å². The first-order valence-electron chi connectivity index (χ1n) is 8.62. The van der Waals surface area contributed by atoms with E-state index in [0.717, 1.165) is 18.3 Å². The number of imide groups is 1. The molecule has 0 unspecified atom stereocenters. The predicted molar refractivity (Wildman–Crippen MR) is 86.1 cm³/mol. The second-order valence-electron chi connectivity index (χ2n) is 7.00. The number of allylic oxidation sites excluding steroid dienone is 2. The maximum absolute atomic E-state index is 12.5. The lowest BCUT2D eigenvalue weighted by Crippen LogP contribution is -2.62. The topological polar surface area (TPSA) is 70.6 Å². The van der Waals surface area contributed by atoms with Crippen LogP contribution in [-0.2, 0) is 15.8 Å². The lowest BCUT2D eigenvalue weighted by Gasteiger charge is -2.43. The highest BCUT2D eigenvalue weighted by molar-refractivity contribution is 6.06. The third-order valence-electron chi connectivity index (χ3n) is 5.36. The maximum atomic E-state index is 12.5. The van der Waals surface area contributed by atoms with Crippen LogP contribution in [0, 0.1) is 11.8 Å². The molecule has 4 rings (SSSR count). The van der Waals surface area contributed by atoms with Crippen molar-refractivity contribution in [3.63, 3.8) is 0 Å². The molecule has 1 aromatic rings. The molecule has 0 bridgehead atoms. The molecule has 142 valence electrons. The number of likely N-dealkylation sites (tertiary alicyclic amines) is 2. The van der Waals surface area contributed by atoms with Gasteiger partial charge in [0.05, 0.1) is 23.4 Å². The Labute approximate surface area is 152 Å². The van der Waals surface area contributed by atoms with Gasteiger partial charge >= 0.3 is 6.18 Å². The minimum absolute atomic E-state index is 0.0402. The van der Waals surface area contributed by atoms with Crippen molar-refractivity contribution in [2.45, 2.75) is 25.1 Å². The van der Waals surface area contributed by atoms with Crippen LogP contribution >= 0.6 is 0 Å². The fourth-order valence-corrected chi connectivity index (χ4v) is 3.84. The summed E-state index contributed by atoms with van der Waals surface area (Å²) in [7, 11) is 0. The largest absolute Gasteiger partial charge is 0.433 e. The Morgan fingerprint density at radius 2 is 1.63 bits per heavy atom. The number of hydrogen-bond donors (Lipinski definition) is 0. The fourth-order valence-electron chi connectivity index (χ4n) is 3.84. The van der Waals surface area contributed by atoms with Gasteiger partial charge in [-0.2, -0.15) is 13.2 Å². The number of pyridine rings is 1. The van der Waals surface area contributed by atoms with Crippen LogP contribution in [0.3, 0.4) is 0 Å². The number of aromatic nitrogens is 1. The summed E-state index contributed by atoms with van der Waals surface area (Å²) < 4.78 is 37.6. The minimum Gasteiger partial charge on any atom is -0.334 e. The van der Waals surface area contributed by atoms with E-state index in [4.69, 9.17) is 0 Å². The number of nitrogens with zero attached hydrogens (tertiary/aromatic N) is 3. The zero-order valence-electron chi connectivity index (χ0n) is 14.1. The molecule has 0 aromatic carbocycles. The Balaban J connectivity index is 1.40. The molecule has 0 radical (unpaired) electrons. The van der Waals surface area contributed by atoms with Crippen LogP contribution in [0.1, 0.15) is 28.9 Å². The molecule has 9 heteroatoms. The standard InChI is InChI=1S/C18H16F3N3O3/c19-18(20,21)14-6-5-10(7-22-14)15(25)23-8-11(9-23)24-16(26)12-3-1-2-4-13(12)17(24)27/h1-2,5-7,11-13H,3-4,8-9H2/t12-,13-/m0/s1. The van der Waals surface area contributed by atoms with Crippen molar-refractivity contribution in [1.29, 1.82) is 0 Å². The van der Waals surface area contributed by atoms with Crippen molar-refractivity contribution in [3.8, 4) is 0 Å². The summed E-state index contributed by atoms with van der Waals surface area (Å²) in [6, 6.07) is 1.47. The van der Waals surface area contributed by atoms with Crippen LogP contribution in [0.2, 0.25) is 0 Å². The van der Waals surface area contributed by atoms with E-state index in [1.54, 1.807) is 0 Å². The molecule has 0 saturated carbocycles. The van der Waals surface area contributed by atoms with E-state index in [1.807, 2.05) is 12.2 Å². The fraction of sp³-hybridized carbons (Fsp3) is 0.444. The Hall–Kier alpha value is -2.71. The molecule has 27 heavy (non-hydrogen) atoms. The van der Waals surface area contributed by atoms with Crippen molar-refractivity contribution < 1.29 is 27.6 Å². The van der Waals surface area contributed by atoms with Crippen LogP contribution in [0.4, 0.5) is 13.2 Å². The normalized spacial score (nSPS) is 25.6. The zero-order valence-corrected chi connectivity index (χ0v) is 14.1. The molecule has 0 spiro atoms. The highest BCUT2D eigenvalue weighted by Gasteiger charge is 2.52. The summed E-state index contributed by atoms with van der Waals surface area (Å²) >= 11 is 0. The van der Waals surface area contributed by atoms with Crippen LogP contribution in [-0.4, -0.2) is 51.6 Å². The monoisotopic (exact) mass is 379 g/mol. The molecule has 3 heterocycles. The van der Waals surface area contributed by atoms with Crippen LogP contribution < -0.4 is 0 Å². The number of carbonyl (C=O) groups excluding carboxylic acids is 3. The third kappa shape index (κ3) is 2.90. The maximum Gasteiger partial charge on any atom is 0.433 e. The number of alkyl halides is 3. The molecule has 6 nitrogen and oxygen atoms in total. The Bertz CT molecular complexity index is 802. The molecule has 2 saturated heterocycles. The number of halogens is 3. The molecule has 0 N–H and O–H groups in total. The number of rotatable bonds is 2. The van der Waals surface area contributed by atoms with E-state index in [1.165, 1.54) is 9.80 Å². The van der Waals surface area contributed by atoms with Gasteiger partial charge < -0.3 is 4.90 Å². The number of carbonyl (C=O) groups is 3. The number of fused-ring (bicyclic) bond motifs is 1. The molecule has 3 amide bonds. The van der Waals surface area contributed by atoms with Gasteiger partial charge in [0.2, 0.25) is 11.8 Å². The summed E-state index contributed by atoms with van der Waals surface area (Å²) in [6.45, 7) is 0.369. The van der Waals surface area contributed by atoms with E-state index in [2.05, 4.69) is 4.98 Å². The van der Waals surface area contributed by atoms with Crippen molar-refractivity contribution in [1.82, 2.24) is 14.8 Å². The van der Waals surface area contributed by atoms with Gasteiger partial charge in [-0.25, -0.2) is 0 Å². The van der Waals surface area contributed by atoms with E-state index in [0.29, 0.717) is 12.8 Å². The average Bonchev–Trinajstić information content (AvgIpc) is 2.85. The second kappa shape index (κ2) is 6.17. The minimum atomic E-state index is -4.56. The van der Waals surface area contributed by atoms with Crippen molar-refractivity contribution in [2.24, 2.45) is 11.8 Å². The SMILES string of the molecule is O=C(c1ccc(C(F)(F)F)nc1)N1CC(N2C(=O)[C@H]3CC=CC[C@@H]3C2=O)C1. The second-order valence-corrected chi connectivity index (χ2v) is 7.00. The molecule has 1 aromatic heterocycles. The van der Waals surface area contributed by atoms with Gasteiger partial charge in [0, 0.05) is 19.3 Å². The summed E-state index contributed by atoms with van der Waals surface area (Å²) in [5.41, 5.74) is -1.02. The number of amides is 3. The average molecular weight is 379 g/mol. The number of hydrogen-bond acceptors (Lipinski definition) is 4. The van der Waals surface area contributed by atoms with E-state index >= 15 is 0 Å². The van der Waals surface area contributed by atoms with Gasteiger partial charge in [-0.1, -0.05) is 12.2 Å². The smallest absolute Gasteiger partial charge is 0.334 e. The van der Waals surface area contributed by atoms with Gasteiger partial charge in [-0.05, 0) is 25.0 Å². The Morgan fingerprint density at radius 1 is 1.04 bits per heavy atom. The quantitative estimate of drug-likeness (QED) is 0.581. The Morgan fingerprint density at radius 3 is 2.11 bits per heavy atom. The van der Waals surface area contributed by atoms with Crippen molar-refractivity contribution in [2.75, 3.05) is 13.1 Å². The third-order valence-corrected chi connectivity index (χ3v) is 5.36. The van der Waals surface area contributed by atoms with Crippen molar-refractivity contribution in [3.05, 3.63) is 41.7 Å². The summed E-state index contributed by atoms with van der Waals surface area (Å²) in [5, 5.41) is 0. The van der Waals surface area contributed by atoms with Gasteiger partial charge in [0.25, 0.3) is 5.91 Å². The summed E-state index contributed by atoms with van der Waals surface area (Å²) in [5.74, 6) is -1.48. The van der Waals surface area contributed by atoms with Gasteiger partial charge in [-0.3, -0.25) is 24.3 Å². The Kier molecular flexibility index (Phi) is 4.05. The molecular weight excluding hydrogens is 363 g/mol. The summed E-state index contributed by atoms with van der Waals surface area (Å²) in [4.78, 5) is 43.4. The first kappa shape index (κ1) is 17.7. The van der Waals surface area contributed by atoms with Gasteiger partial charge in [-0.15, -0.1) is 0 Å². The van der Waals surface area contributed by atoms with Gasteiger partial charge in [0.15, 0.2) is 0 Å². The molecule has 3 aliphatic rings. The molecular formula is C18H16F3N3O3. The van der Waals surface area contributed by atoms with Crippen LogP contribution in [0.5, 0.6) is 0 Å². The van der Waals surface area contributed by atoms with Crippen LogP contribution in [0.25, 0.3) is 0 Å². The van der Waals surface area contributed by atoms with E-state index < -0.39 is 17.8 Å². The summed E-state index contributed by atoms with van der Waals surface area (Å²) in [6.07, 6.45) is 1.25. The lowest BCUT2D eigenvalue weighted by molar-refractivity contribution is -0.146. The molecule has 1 aliphatic carbocycles. The highest BCUT2D eigenvalue weighted by atomic mass is 19.4. The molecule has 2 aliphatic heterocycles. The molecule has 2 atom stereocenters. The first-order chi connectivity index (χ1) is 12.8. The van der Waals surface area contributed by atoms with Crippen molar-refractivity contribution >= 4 is 17.7 Å².